The summed E-state index contributed by atoms with van der Waals surface area (Å²) >= 11 is 4.77. The van der Waals surface area contributed by atoms with E-state index in [1.54, 1.807) is 18.5 Å². The van der Waals surface area contributed by atoms with E-state index in [9.17, 15) is 8.42 Å². The third kappa shape index (κ3) is 3.24. The lowest BCUT2D eigenvalue weighted by atomic mass is 10.2. The van der Waals surface area contributed by atoms with E-state index in [0.29, 0.717) is 11.4 Å². The number of hydrogen-bond acceptors (Lipinski definition) is 4. The molecule has 0 aliphatic heterocycles. The highest BCUT2D eigenvalue weighted by Gasteiger charge is 2.27. The molecule has 0 saturated heterocycles. The molecule has 2 N–H and O–H groups in total. The number of aryl methyl sites for hydroxylation is 1. The SMILES string of the molecule is CC(CC(N)=S)N(C)S(=O)(=O)c1cn(C)cn1. The maximum absolute atomic E-state index is 12.1. The van der Waals surface area contributed by atoms with Crippen LogP contribution in [0.3, 0.4) is 0 Å². The number of rotatable bonds is 5. The number of imidazole rings is 1. The van der Waals surface area contributed by atoms with Gasteiger partial charge in [-0.05, 0) is 6.92 Å². The Hall–Kier alpha value is -0.990. The highest BCUT2D eigenvalue weighted by molar-refractivity contribution is 7.89. The predicted octanol–water partition coefficient (Wildman–Crippen LogP) is 0.105. The monoisotopic (exact) mass is 276 g/mol. The van der Waals surface area contributed by atoms with Gasteiger partial charge in [-0.15, -0.1) is 0 Å². The molecule has 96 valence electrons. The molecule has 1 rings (SSSR count). The van der Waals surface area contributed by atoms with Crippen LogP contribution in [0.4, 0.5) is 0 Å². The van der Waals surface area contributed by atoms with Crippen LogP contribution >= 0.6 is 12.2 Å². The number of nitrogens with two attached hydrogens (primary N) is 1. The standard InChI is InChI=1S/C9H16N4O2S2/c1-7(4-8(10)16)13(3)17(14,15)9-5-12(2)6-11-9/h5-7H,4H2,1-3H3,(H2,10,16). The van der Waals surface area contributed by atoms with Crippen LogP contribution in [0.5, 0.6) is 0 Å². The van der Waals surface area contributed by atoms with Crippen LogP contribution < -0.4 is 5.73 Å². The molecule has 6 nitrogen and oxygen atoms in total. The summed E-state index contributed by atoms with van der Waals surface area (Å²) < 4.78 is 27.1. The molecule has 0 amide bonds. The number of sulfonamides is 1. The van der Waals surface area contributed by atoms with Crippen molar-refractivity contribution in [2.75, 3.05) is 7.05 Å². The minimum absolute atomic E-state index is 0.0253. The molecular weight excluding hydrogens is 260 g/mol. The summed E-state index contributed by atoms with van der Waals surface area (Å²) in [7, 11) is -0.371. The van der Waals surface area contributed by atoms with E-state index in [4.69, 9.17) is 18.0 Å². The Labute approximate surface area is 106 Å². The van der Waals surface area contributed by atoms with Gasteiger partial charge < -0.3 is 10.3 Å². The van der Waals surface area contributed by atoms with Crippen molar-refractivity contribution in [2.24, 2.45) is 12.8 Å². The van der Waals surface area contributed by atoms with Gasteiger partial charge in [0.2, 0.25) is 0 Å². The van der Waals surface area contributed by atoms with Gasteiger partial charge in [0, 0.05) is 32.8 Å². The first kappa shape index (κ1) is 14.1. The maximum Gasteiger partial charge on any atom is 0.262 e. The Morgan fingerprint density at radius 1 is 1.71 bits per heavy atom. The van der Waals surface area contributed by atoms with E-state index in [1.807, 2.05) is 0 Å². The summed E-state index contributed by atoms with van der Waals surface area (Å²) in [4.78, 5) is 4.13. The van der Waals surface area contributed by atoms with Crippen molar-refractivity contribution in [1.29, 1.82) is 0 Å². The van der Waals surface area contributed by atoms with Gasteiger partial charge in [-0.25, -0.2) is 13.4 Å². The Kier molecular flexibility index (Phi) is 4.23. The fraction of sp³-hybridized carbons (Fsp3) is 0.556. The van der Waals surface area contributed by atoms with E-state index in [2.05, 4.69) is 4.98 Å². The summed E-state index contributed by atoms with van der Waals surface area (Å²) in [6.07, 6.45) is 3.25. The van der Waals surface area contributed by atoms with Crippen LogP contribution in [0, 0.1) is 0 Å². The van der Waals surface area contributed by atoms with Crippen molar-refractivity contribution in [3.8, 4) is 0 Å². The van der Waals surface area contributed by atoms with E-state index in [-0.39, 0.29) is 11.1 Å². The van der Waals surface area contributed by atoms with Crippen molar-refractivity contribution >= 4 is 27.2 Å². The second kappa shape index (κ2) is 5.11. The van der Waals surface area contributed by atoms with Crippen LogP contribution in [-0.2, 0) is 17.1 Å². The number of aromatic nitrogens is 2. The average molecular weight is 276 g/mol. The first-order valence-corrected chi connectivity index (χ1v) is 6.84. The molecule has 0 aliphatic rings. The van der Waals surface area contributed by atoms with Gasteiger partial charge in [-0.2, -0.15) is 4.31 Å². The summed E-state index contributed by atoms with van der Waals surface area (Å²) in [6, 6.07) is -0.292. The zero-order chi connectivity index (χ0) is 13.2. The fourth-order valence-electron chi connectivity index (χ4n) is 1.33. The van der Waals surface area contributed by atoms with Crippen molar-refractivity contribution in [1.82, 2.24) is 13.9 Å². The van der Waals surface area contributed by atoms with E-state index in [1.165, 1.54) is 23.9 Å². The third-order valence-electron chi connectivity index (χ3n) is 2.44. The maximum atomic E-state index is 12.1. The molecular formula is C9H16N4O2S2. The Balaban J connectivity index is 2.94. The summed E-state index contributed by atoms with van der Waals surface area (Å²) in [6.45, 7) is 1.75. The lowest BCUT2D eigenvalue weighted by Gasteiger charge is -2.22. The first-order chi connectivity index (χ1) is 7.75. The van der Waals surface area contributed by atoms with Gasteiger partial charge in [0.15, 0.2) is 5.03 Å². The number of nitrogens with zero attached hydrogens (tertiary/aromatic N) is 3. The summed E-state index contributed by atoms with van der Waals surface area (Å²) in [5.74, 6) is 0. The summed E-state index contributed by atoms with van der Waals surface area (Å²) in [5, 5.41) is 0.0253. The zero-order valence-corrected chi connectivity index (χ0v) is 11.6. The topological polar surface area (TPSA) is 81.2 Å². The molecule has 1 atom stereocenters. The van der Waals surface area contributed by atoms with Crippen LogP contribution in [0.2, 0.25) is 0 Å². The van der Waals surface area contributed by atoms with Crippen LogP contribution in [-0.4, -0.2) is 40.4 Å². The molecule has 0 fully saturated rings. The quantitative estimate of drug-likeness (QED) is 0.772. The molecule has 17 heavy (non-hydrogen) atoms. The van der Waals surface area contributed by atoms with Crippen molar-refractivity contribution < 1.29 is 8.42 Å². The first-order valence-electron chi connectivity index (χ1n) is 4.99. The Morgan fingerprint density at radius 2 is 2.29 bits per heavy atom. The lowest BCUT2D eigenvalue weighted by molar-refractivity contribution is 0.395. The van der Waals surface area contributed by atoms with Crippen molar-refractivity contribution in [3.05, 3.63) is 12.5 Å². The lowest BCUT2D eigenvalue weighted by Crippen LogP contribution is -2.37. The van der Waals surface area contributed by atoms with Gasteiger partial charge in [0.1, 0.15) is 0 Å². The van der Waals surface area contributed by atoms with Crippen LogP contribution in [0.15, 0.2) is 17.6 Å². The normalized spacial score (nSPS) is 13.9. The van der Waals surface area contributed by atoms with Gasteiger partial charge in [-0.1, -0.05) is 12.2 Å². The van der Waals surface area contributed by atoms with E-state index >= 15 is 0 Å². The molecule has 1 heterocycles. The van der Waals surface area contributed by atoms with Crippen molar-refractivity contribution in [2.45, 2.75) is 24.4 Å². The van der Waals surface area contributed by atoms with Gasteiger partial charge in [0.25, 0.3) is 10.0 Å². The van der Waals surface area contributed by atoms with Gasteiger partial charge in [-0.3, -0.25) is 0 Å². The number of thiocarbonyl (C=S) groups is 1. The minimum atomic E-state index is -3.58. The molecule has 0 aliphatic carbocycles. The van der Waals surface area contributed by atoms with E-state index in [0.717, 1.165) is 0 Å². The minimum Gasteiger partial charge on any atom is -0.393 e. The van der Waals surface area contributed by atoms with E-state index < -0.39 is 10.0 Å². The summed E-state index contributed by atoms with van der Waals surface area (Å²) in [5.41, 5.74) is 5.41. The molecule has 1 aromatic heterocycles. The number of hydrogen-bond donors (Lipinski definition) is 1. The molecule has 0 aromatic carbocycles. The molecule has 0 bridgehead atoms. The molecule has 0 spiro atoms. The largest absolute Gasteiger partial charge is 0.393 e. The second-order valence-corrected chi connectivity index (χ2v) is 6.39. The van der Waals surface area contributed by atoms with Gasteiger partial charge in [0.05, 0.1) is 11.3 Å². The van der Waals surface area contributed by atoms with Crippen molar-refractivity contribution in [3.63, 3.8) is 0 Å². The smallest absolute Gasteiger partial charge is 0.262 e. The molecule has 1 unspecified atom stereocenters. The molecule has 1 aromatic rings. The van der Waals surface area contributed by atoms with Crippen LogP contribution in [0.1, 0.15) is 13.3 Å². The Morgan fingerprint density at radius 3 is 2.71 bits per heavy atom. The highest BCUT2D eigenvalue weighted by atomic mass is 32.2. The third-order valence-corrected chi connectivity index (χ3v) is 4.47. The van der Waals surface area contributed by atoms with Gasteiger partial charge >= 0.3 is 0 Å². The highest BCUT2D eigenvalue weighted by Crippen LogP contribution is 2.15. The Bertz CT molecular complexity index is 509. The molecule has 0 saturated carbocycles. The van der Waals surface area contributed by atoms with Crippen LogP contribution in [0.25, 0.3) is 0 Å². The zero-order valence-electron chi connectivity index (χ0n) is 9.99. The predicted molar refractivity (Wildman–Crippen MR) is 69.0 cm³/mol. The molecule has 8 heteroatoms. The molecule has 0 radical (unpaired) electrons. The second-order valence-electron chi connectivity index (χ2n) is 3.92. The fourth-order valence-corrected chi connectivity index (χ4v) is 2.89. The average Bonchev–Trinajstić information content (AvgIpc) is 2.63.